The smallest absolute Gasteiger partial charge is 0.260 e. The quantitative estimate of drug-likeness (QED) is 0.867. The zero-order valence-electron chi connectivity index (χ0n) is 12.3. The van der Waals surface area contributed by atoms with Gasteiger partial charge in [0.25, 0.3) is 5.91 Å². The number of fused-ring (bicyclic) bond motifs is 1. The van der Waals surface area contributed by atoms with Gasteiger partial charge < -0.3 is 15.8 Å². The molecule has 0 aliphatic heterocycles. The first kappa shape index (κ1) is 14.9. The minimum absolute atomic E-state index is 0.0751. The molecule has 1 aliphatic rings. The van der Waals surface area contributed by atoms with Crippen molar-refractivity contribution in [2.75, 3.05) is 6.54 Å². The molecule has 3 N–H and O–H groups in total. The number of ether oxygens (including phenoxy) is 1. The van der Waals surface area contributed by atoms with Crippen LogP contribution in [0.1, 0.15) is 50.3 Å². The van der Waals surface area contributed by atoms with Crippen molar-refractivity contribution in [3.05, 3.63) is 29.3 Å². The van der Waals surface area contributed by atoms with Crippen LogP contribution in [0.4, 0.5) is 0 Å². The lowest BCUT2D eigenvalue weighted by atomic mass is 9.88. The van der Waals surface area contributed by atoms with Crippen LogP contribution in [0, 0.1) is 0 Å². The fourth-order valence-corrected chi connectivity index (χ4v) is 2.54. The van der Waals surface area contributed by atoms with E-state index in [1.54, 1.807) is 6.92 Å². The highest BCUT2D eigenvalue weighted by atomic mass is 16.5. The second kappa shape index (κ2) is 6.75. The first-order valence-corrected chi connectivity index (χ1v) is 7.44. The molecule has 4 nitrogen and oxygen atoms in total. The van der Waals surface area contributed by atoms with Crippen LogP contribution in [0.25, 0.3) is 0 Å². The van der Waals surface area contributed by atoms with Gasteiger partial charge in [0.15, 0.2) is 6.10 Å². The molecule has 0 heterocycles. The van der Waals surface area contributed by atoms with Crippen molar-refractivity contribution in [1.29, 1.82) is 0 Å². The molecule has 2 rings (SSSR count). The van der Waals surface area contributed by atoms with Gasteiger partial charge in [-0.1, -0.05) is 13.0 Å². The van der Waals surface area contributed by atoms with Crippen molar-refractivity contribution in [2.45, 2.75) is 51.7 Å². The third-order valence-corrected chi connectivity index (χ3v) is 3.71. The van der Waals surface area contributed by atoms with Gasteiger partial charge in [-0.3, -0.25) is 4.79 Å². The Kier molecular flexibility index (Phi) is 5.01. The summed E-state index contributed by atoms with van der Waals surface area (Å²) >= 11 is 0. The fourth-order valence-electron chi connectivity index (χ4n) is 2.54. The lowest BCUT2D eigenvalue weighted by molar-refractivity contribution is -0.127. The summed E-state index contributed by atoms with van der Waals surface area (Å²) in [6.45, 7) is 4.47. The van der Waals surface area contributed by atoms with E-state index in [-0.39, 0.29) is 11.9 Å². The summed E-state index contributed by atoms with van der Waals surface area (Å²) in [5.74, 6) is 0.647. The Hall–Kier alpha value is -1.55. The monoisotopic (exact) mass is 276 g/mol. The molecular formula is C16H24N2O2. The first-order chi connectivity index (χ1) is 9.61. The normalized spacial score (nSPS) is 19.1. The molecule has 2 atom stereocenters. The first-order valence-electron chi connectivity index (χ1n) is 7.44. The molecule has 0 radical (unpaired) electrons. The Balaban J connectivity index is 2.03. The minimum atomic E-state index is -0.487. The second-order valence-electron chi connectivity index (χ2n) is 5.41. The number of aryl methyl sites for hydroxylation is 1. The van der Waals surface area contributed by atoms with E-state index in [0.717, 1.165) is 37.0 Å². The highest BCUT2D eigenvalue weighted by Gasteiger charge is 2.19. The van der Waals surface area contributed by atoms with Gasteiger partial charge in [-0.15, -0.1) is 0 Å². The molecule has 110 valence electrons. The predicted octanol–water partition coefficient (Wildman–Crippen LogP) is 2.32. The Morgan fingerprint density at radius 1 is 1.55 bits per heavy atom. The van der Waals surface area contributed by atoms with Gasteiger partial charge in [0.2, 0.25) is 0 Å². The van der Waals surface area contributed by atoms with Crippen LogP contribution in [0.5, 0.6) is 5.75 Å². The van der Waals surface area contributed by atoms with Crippen LogP contribution in [0.3, 0.4) is 0 Å². The molecule has 0 aromatic heterocycles. The van der Waals surface area contributed by atoms with Crippen molar-refractivity contribution in [3.8, 4) is 5.75 Å². The summed E-state index contributed by atoms with van der Waals surface area (Å²) < 4.78 is 5.72. The predicted molar refractivity (Wildman–Crippen MR) is 79.7 cm³/mol. The maximum atomic E-state index is 11.8. The Morgan fingerprint density at radius 2 is 2.35 bits per heavy atom. The van der Waals surface area contributed by atoms with Gasteiger partial charge >= 0.3 is 0 Å². The molecule has 0 saturated heterocycles. The molecule has 0 fully saturated rings. The molecule has 0 saturated carbocycles. The van der Waals surface area contributed by atoms with Crippen molar-refractivity contribution in [1.82, 2.24) is 5.32 Å². The lowest BCUT2D eigenvalue weighted by Crippen LogP contribution is -2.36. The zero-order valence-corrected chi connectivity index (χ0v) is 12.3. The van der Waals surface area contributed by atoms with Gasteiger partial charge in [0.05, 0.1) is 0 Å². The largest absolute Gasteiger partial charge is 0.481 e. The molecule has 1 aromatic rings. The van der Waals surface area contributed by atoms with E-state index in [4.69, 9.17) is 10.5 Å². The number of nitrogens with one attached hydrogen (secondary N) is 1. The third kappa shape index (κ3) is 3.51. The van der Waals surface area contributed by atoms with Crippen LogP contribution in [0.15, 0.2) is 18.2 Å². The second-order valence-corrected chi connectivity index (χ2v) is 5.41. The molecule has 0 spiro atoms. The number of hydrogen-bond acceptors (Lipinski definition) is 3. The minimum Gasteiger partial charge on any atom is -0.481 e. The molecule has 1 amide bonds. The van der Waals surface area contributed by atoms with Crippen molar-refractivity contribution in [2.24, 2.45) is 5.73 Å². The molecule has 20 heavy (non-hydrogen) atoms. The number of amides is 1. The summed E-state index contributed by atoms with van der Waals surface area (Å²) in [6.07, 6.45) is 3.68. The topological polar surface area (TPSA) is 64.3 Å². The number of nitrogens with two attached hydrogens (primary N) is 1. The van der Waals surface area contributed by atoms with Gasteiger partial charge in [-0.05, 0) is 55.9 Å². The molecule has 0 bridgehead atoms. The summed E-state index contributed by atoms with van der Waals surface area (Å²) in [5.41, 5.74) is 8.60. The van der Waals surface area contributed by atoms with Gasteiger partial charge in [0, 0.05) is 12.6 Å². The highest BCUT2D eigenvalue weighted by molar-refractivity contribution is 5.80. The number of rotatable bonds is 5. The summed E-state index contributed by atoms with van der Waals surface area (Å²) in [4.78, 5) is 11.8. The Bertz CT molecular complexity index is 474. The summed E-state index contributed by atoms with van der Waals surface area (Å²) in [7, 11) is 0. The average molecular weight is 276 g/mol. The maximum absolute atomic E-state index is 11.8. The van der Waals surface area contributed by atoms with Crippen LogP contribution < -0.4 is 15.8 Å². The van der Waals surface area contributed by atoms with Crippen LogP contribution in [-0.2, 0) is 11.2 Å². The van der Waals surface area contributed by atoms with Crippen LogP contribution in [-0.4, -0.2) is 18.6 Å². The van der Waals surface area contributed by atoms with Crippen LogP contribution >= 0.6 is 0 Å². The van der Waals surface area contributed by atoms with E-state index in [2.05, 4.69) is 11.4 Å². The Morgan fingerprint density at radius 3 is 3.10 bits per heavy atom. The van der Waals surface area contributed by atoms with E-state index in [1.807, 2.05) is 19.1 Å². The number of carbonyl (C=O) groups excluding carboxylic acids is 1. The average Bonchev–Trinajstić information content (AvgIpc) is 2.45. The van der Waals surface area contributed by atoms with E-state index in [9.17, 15) is 4.79 Å². The number of benzene rings is 1. The van der Waals surface area contributed by atoms with Crippen molar-refractivity contribution in [3.63, 3.8) is 0 Å². The summed E-state index contributed by atoms with van der Waals surface area (Å²) in [6, 6.07) is 6.08. The van der Waals surface area contributed by atoms with E-state index in [1.165, 1.54) is 5.56 Å². The maximum Gasteiger partial charge on any atom is 0.260 e. The molecular weight excluding hydrogens is 252 g/mol. The zero-order chi connectivity index (χ0) is 14.5. The van der Waals surface area contributed by atoms with E-state index < -0.39 is 6.10 Å². The standard InChI is InChI=1S/C16H24N2O2/c1-3-9-18-16(19)11(2)20-13-8-7-12-5-4-6-15(17)14(12)10-13/h7-8,10-11,15H,3-6,9,17H2,1-2H3,(H,18,19). The van der Waals surface area contributed by atoms with Crippen LogP contribution in [0.2, 0.25) is 0 Å². The molecule has 1 aliphatic carbocycles. The SMILES string of the molecule is CCCNC(=O)C(C)Oc1ccc2c(c1)C(N)CCC2. The van der Waals surface area contributed by atoms with Crippen molar-refractivity contribution < 1.29 is 9.53 Å². The molecule has 1 aromatic carbocycles. The molecule has 2 unspecified atom stereocenters. The van der Waals surface area contributed by atoms with E-state index in [0.29, 0.717) is 6.54 Å². The molecule has 4 heteroatoms. The van der Waals surface area contributed by atoms with Crippen molar-refractivity contribution >= 4 is 5.91 Å². The Labute approximate surface area is 120 Å². The lowest BCUT2D eigenvalue weighted by Gasteiger charge is -2.23. The number of carbonyl (C=O) groups is 1. The van der Waals surface area contributed by atoms with Gasteiger partial charge in [0.1, 0.15) is 5.75 Å². The number of hydrogen-bond donors (Lipinski definition) is 2. The summed E-state index contributed by atoms with van der Waals surface area (Å²) in [5, 5.41) is 2.83. The van der Waals surface area contributed by atoms with E-state index >= 15 is 0 Å². The third-order valence-electron chi connectivity index (χ3n) is 3.71. The fraction of sp³-hybridized carbons (Fsp3) is 0.562. The highest BCUT2D eigenvalue weighted by Crippen LogP contribution is 2.31. The van der Waals surface area contributed by atoms with Gasteiger partial charge in [-0.25, -0.2) is 0 Å². The van der Waals surface area contributed by atoms with Gasteiger partial charge in [-0.2, -0.15) is 0 Å².